The first-order valence-electron chi connectivity index (χ1n) is 6.43. The normalized spacial score (nSPS) is 27.9. The maximum Gasteiger partial charge on any atom is 0.342 e. The Kier molecular flexibility index (Phi) is 3.66. The van der Waals surface area contributed by atoms with Gasteiger partial charge in [0.05, 0.1) is 12.7 Å². The van der Waals surface area contributed by atoms with Gasteiger partial charge in [0.25, 0.3) is 6.47 Å². The number of hydrogen-bond donors (Lipinski definition) is 0. The zero-order valence-corrected chi connectivity index (χ0v) is 10.7. The monoisotopic (exact) mass is 278 g/mol. The Labute approximate surface area is 115 Å². The highest BCUT2D eigenvalue weighted by Gasteiger charge is 2.44. The van der Waals surface area contributed by atoms with E-state index in [-0.39, 0.29) is 30.0 Å². The lowest BCUT2D eigenvalue weighted by atomic mass is 10.1. The molecule has 6 nitrogen and oxygen atoms in total. The van der Waals surface area contributed by atoms with Crippen molar-refractivity contribution in [2.75, 3.05) is 13.2 Å². The Morgan fingerprint density at radius 3 is 3.00 bits per heavy atom. The molecular weight excluding hydrogens is 264 g/mol. The van der Waals surface area contributed by atoms with Crippen LogP contribution in [-0.4, -0.2) is 44.0 Å². The standard InChI is InChI=1S/C14H14O6/c15-8-19-10-4-2-1-3-9(10)14(16)20-12-7-18-11-5-6-17-13(11)12/h1-4,8,11-13H,5-7H2/t11-,12?,13+/m1/s1. The summed E-state index contributed by atoms with van der Waals surface area (Å²) in [6.45, 7) is 1.23. The first-order chi connectivity index (χ1) is 9.79. The molecule has 0 aromatic heterocycles. The minimum absolute atomic E-state index is 0.00858. The molecule has 2 fully saturated rings. The van der Waals surface area contributed by atoms with Gasteiger partial charge in [-0.25, -0.2) is 4.79 Å². The van der Waals surface area contributed by atoms with Gasteiger partial charge in [-0.2, -0.15) is 0 Å². The molecule has 0 aliphatic carbocycles. The molecule has 0 N–H and O–H groups in total. The van der Waals surface area contributed by atoms with E-state index in [1.54, 1.807) is 18.2 Å². The SMILES string of the molecule is O=COc1ccccc1C(=O)OC1CO[C@@H]2CCO[C@H]12. The van der Waals surface area contributed by atoms with E-state index < -0.39 is 12.1 Å². The Bertz CT molecular complexity index is 514. The number of benzene rings is 1. The second kappa shape index (κ2) is 5.60. The first kappa shape index (κ1) is 13.1. The van der Waals surface area contributed by atoms with E-state index in [1.807, 2.05) is 0 Å². The summed E-state index contributed by atoms with van der Waals surface area (Å²) in [5.41, 5.74) is 0.209. The van der Waals surface area contributed by atoms with Gasteiger partial charge in [0.1, 0.15) is 17.4 Å². The molecular formula is C14H14O6. The fraction of sp³-hybridized carbons (Fsp3) is 0.429. The van der Waals surface area contributed by atoms with E-state index >= 15 is 0 Å². The predicted octanol–water partition coefficient (Wildman–Crippen LogP) is 0.935. The van der Waals surface area contributed by atoms with Gasteiger partial charge in [-0.3, -0.25) is 4.79 Å². The number of carbonyl (C=O) groups excluding carboxylic acids is 2. The zero-order valence-electron chi connectivity index (χ0n) is 10.7. The first-order valence-corrected chi connectivity index (χ1v) is 6.43. The third-order valence-corrected chi connectivity index (χ3v) is 3.46. The topological polar surface area (TPSA) is 71.1 Å². The molecule has 6 heteroatoms. The second-order valence-corrected chi connectivity index (χ2v) is 4.65. The highest BCUT2D eigenvalue weighted by molar-refractivity contribution is 5.93. The lowest BCUT2D eigenvalue weighted by molar-refractivity contribution is -0.120. The van der Waals surface area contributed by atoms with Gasteiger partial charge in [0, 0.05) is 6.61 Å². The number of carbonyl (C=O) groups is 2. The average Bonchev–Trinajstić information content (AvgIpc) is 3.05. The van der Waals surface area contributed by atoms with E-state index in [0.717, 1.165) is 6.42 Å². The van der Waals surface area contributed by atoms with Crippen LogP contribution >= 0.6 is 0 Å². The third kappa shape index (κ3) is 2.39. The van der Waals surface area contributed by atoms with Crippen molar-refractivity contribution in [3.8, 4) is 5.75 Å². The summed E-state index contributed by atoms with van der Waals surface area (Å²) in [6.07, 6.45) is 0.218. The molecule has 2 aliphatic rings. The number of rotatable bonds is 4. The van der Waals surface area contributed by atoms with Crippen molar-refractivity contribution in [3.05, 3.63) is 29.8 Å². The number of hydrogen-bond acceptors (Lipinski definition) is 6. The predicted molar refractivity (Wildman–Crippen MR) is 66.4 cm³/mol. The van der Waals surface area contributed by atoms with Gasteiger partial charge < -0.3 is 18.9 Å². The molecule has 3 rings (SSSR count). The van der Waals surface area contributed by atoms with Crippen LogP contribution in [0, 0.1) is 0 Å². The van der Waals surface area contributed by atoms with Crippen molar-refractivity contribution >= 4 is 12.4 Å². The van der Waals surface area contributed by atoms with Crippen molar-refractivity contribution in [2.45, 2.75) is 24.7 Å². The summed E-state index contributed by atoms with van der Waals surface area (Å²) < 4.78 is 21.2. The lowest BCUT2D eigenvalue weighted by Crippen LogP contribution is -2.32. The summed E-state index contributed by atoms with van der Waals surface area (Å²) in [7, 11) is 0. The van der Waals surface area contributed by atoms with Crippen molar-refractivity contribution in [2.24, 2.45) is 0 Å². The zero-order chi connectivity index (χ0) is 13.9. The Morgan fingerprint density at radius 2 is 2.15 bits per heavy atom. The number of para-hydroxylation sites is 1. The van der Waals surface area contributed by atoms with Crippen molar-refractivity contribution in [3.63, 3.8) is 0 Å². The fourth-order valence-electron chi connectivity index (χ4n) is 2.52. The molecule has 0 bridgehead atoms. The van der Waals surface area contributed by atoms with Gasteiger partial charge in [0.2, 0.25) is 0 Å². The Morgan fingerprint density at radius 1 is 1.30 bits per heavy atom. The largest absolute Gasteiger partial charge is 0.453 e. The van der Waals surface area contributed by atoms with Gasteiger partial charge in [-0.15, -0.1) is 0 Å². The smallest absolute Gasteiger partial charge is 0.342 e. The van der Waals surface area contributed by atoms with Crippen LogP contribution < -0.4 is 4.74 Å². The molecule has 0 radical (unpaired) electrons. The van der Waals surface area contributed by atoms with Gasteiger partial charge in [-0.05, 0) is 18.6 Å². The van der Waals surface area contributed by atoms with Crippen LogP contribution in [0.15, 0.2) is 24.3 Å². The molecule has 0 saturated carbocycles. The quantitative estimate of drug-likeness (QED) is 0.603. The molecule has 20 heavy (non-hydrogen) atoms. The van der Waals surface area contributed by atoms with Crippen LogP contribution in [0.4, 0.5) is 0 Å². The van der Waals surface area contributed by atoms with Gasteiger partial charge >= 0.3 is 5.97 Å². The Balaban J connectivity index is 1.72. The number of esters is 1. The van der Waals surface area contributed by atoms with E-state index in [0.29, 0.717) is 13.2 Å². The van der Waals surface area contributed by atoms with E-state index in [9.17, 15) is 9.59 Å². The summed E-state index contributed by atoms with van der Waals surface area (Å²) in [4.78, 5) is 22.6. The summed E-state index contributed by atoms with van der Waals surface area (Å²) >= 11 is 0. The van der Waals surface area contributed by atoms with Crippen LogP contribution in [0.1, 0.15) is 16.8 Å². The molecule has 2 saturated heterocycles. The number of fused-ring (bicyclic) bond motifs is 1. The van der Waals surface area contributed by atoms with Gasteiger partial charge in [-0.1, -0.05) is 12.1 Å². The minimum Gasteiger partial charge on any atom is -0.453 e. The lowest BCUT2D eigenvalue weighted by Gasteiger charge is -2.17. The Hall–Kier alpha value is -1.92. The molecule has 2 aliphatic heterocycles. The summed E-state index contributed by atoms with van der Waals surface area (Å²) in [5, 5.41) is 0. The number of ether oxygens (including phenoxy) is 4. The maximum atomic E-state index is 12.2. The van der Waals surface area contributed by atoms with E-state index in [4.69, 9.17) is 18.9 Å². The van der Waals surface area contributed by atoms with Crippen molar-refractivity contribution < 1.29 is 28.5 Å². The fourth-order valence-corrected chi connectivity index (χ4v) is 2.52. The molecule has 0 spiro atoms. The van der Waals surface area contributed by atoms with Crippen LogP contribution in [0.25, 0.3) is 0 Å². The molecule has 1 aromatic rings. The van der Waals surface area contributed by atoms with Crippen LogP contribution in [-0.2, 0) is 19.0 Å². The highest BCUT2D eigenvalue weighted by Crippen LogP contribution is 2.29. The molecule has 2 heterocycles. The van der Waals surface area contributed by atoms with Crippen LogP contribution in [0.2, 0.25) is 0 Å². The van der Waals surface area contributed by atoms with Crippen molar-refractivity contribution in [1.29, 1.82) is 0 Å². The summed E-state index contributed by atoms with van der Waals surface area (Å²) in [5.74, 6) is -0.373. The average molecular weight is 278 g/mol. The van der Waals surface area contributed by atoms with Crippen LogP contribution in [0.5, 0.6) is 5.75 Å². The molecule has 106 valence electrons. The maximum absolute atomic E-state index is 12.2. The van der Waals surface area contributed by atoms with E-state index in [2.05, 4.69) is 0 Å². The van der Waals surface area contributed by atoms with Crippen molar-refractivity contribution in [1.82, 2.24) is 0 Å². The summed E-state index contributed by atoms with van der Waals surface area (Å²) in [6, 6.07) is 6.42. The molecule has 0 amide bonds. The molecule has 3 atom stereocenters. The highest BCUT2D eigenvalue weighted by atomic mass is 16.6. The molecule has 1 unspecified atom stereocenters. The minimum atomic E-state index is -0.549. The third-order valence-electron chi connectivity index (χ3n) is 3.46. The van der Waals surface area contributed by atoms with Gasteiger partial charge in [0.15, 0.2) is 6.10 Å². The van der Waals surface area contributed by atoms with Crippen LogP contribution in [0.3, 0.4) is 0 Å². The molecule has 1 aromatic carbocycles. The van der Waals surface area contributed by atoms with E-state index in [1.165, 1.54) is 6.07 Å². The second-order valence-electron chi connectivity index (χ2n) is 4.65.